The van der Waals surface area contributed by atoms with Crippen LogP contribution in [0.25, 0.3) is 0 Å². The molecule has 6 heteroatoms. The molecule has 20 heavy (non-hydrogen) atoms. The minimum Gasteiger partial charge on any atom is -0.391 e. The van der Waals surface area contributed by atoms with E-state index in [-0.39, 0.29) is 18.4 Å². The zero-order valence-electron chi connectivity index (χ0n) is 11.6. The number of nitrogens with zero attached hydrogens (tertiary/aromatic N) is 2. The van der Waals surface area contributed by atoms with Gasteiger partial charge in [0.1, 0.15) is 0 Å². The van der Waals surface area contributed by atoms with Gasteiger partial charge in [0.2, 0.25) is 0 Å². The number of benzene rings is 1. The van der Waals surface area contributed by atoms with Crippen molar-refractivity contribution >= 4 is 11.4 Å². The second-order valence-electron chi connectivity index (χ2n) is 5.10. The maximum absolute atomic E-state index is 10.8. The lowest BCUT2D eigenvalue weighted by Crippen LogP contribution is -2.33. The molecule has 1 aromatic rings. The van der Waals surface area contributed by atoms with Gasteiger partial charge in [0, 0.05) is 32.0 Å². The number of nitro benzene ring substituents is 1. The molecule has 1 N–H and O–H groups in total. The summed E-state index contributed by atoms with van der Waals surface area (Å²) in [4.78, 5) is 12.4. The molecule has 0 amide bonds. The van der Waals surface area contributed by atoms with E-state index < -0.39 is 4.92 Å². The summed E-state index contributed by atoms with van der Waals surface area (Å²) in [5.74, 6) is 0. The lowest BCUT2D eigenvalue weighted by atomic mass is 10.1. The Morgan fingerprint density at radius 1 is 1.50 bits per heavy atom. The Labute approximate surface area is 118 Å². The van der Waals surface area contributed by atoms with Crippen molar-refractivity contribution in [2.24, 2.45) is 0 Å². The van der Waals surface area contributed by atoms with Crippen molar-refractivity contribution in [3.05, 3.63) is 33.9 Å². The Balaban J connectivity index is 2.09. The molecule has 1 aliphatic rings. The molecule has 1 atom stereocenters. The monoisotopic (exact) mass is 280 g/mol. The molecule has 0 bridgehead atoms. The quantitative estimate of drug-likeness (QED) is 0.660. The Kier molecular flexibility index (Phi) is 4.92. The van der Waals surface area contributed by atoms with E-state index in [1.807, 2.05) is 11.9 Å². The molecule has 1 aromatic carbocycles. The zero-order valence-corrected chi connectivity index (χ0v) is 11.6. The van der Waals surface area contributed by atoms with E-state index in [0.717, 1.165) is 31.7 Å². The molecule has 0 aliphatic carbocycles. The van der Waals surface area contributed by atoms with Crippen LogP contribution in [0.1, 0.15) is 24.8 Å². The number of hydrogen-bond donors (Lipinski definition) is 1. The van der Waals surface area contributed by atoms with Crippen LogP contribution in [0.5, 0.6) is 0 Å². The zero-order chi connectivity index (χ0) is 14.5. The van der Waals surface area contributed by atoms with E-state index in [9.17, 15) is 15.2 Å². The van der Waals surface area contributed by atoms with Crippen LogP contribution >= 0.6 is 0 Å². The summed E-state index contributed by atoms with van der Waals surface area (Å²) < 4.78 is 5.69. The highest BCUT2D eigenvalue weighted by Gasteiger charge is 2.18. The molecule has 6 nitrogen and oxygen atoms in total. The van der Waals surface area contributed by atoms with Gasteiger partial charge in [-0.05, 0) is 31.4 Å². The molecule has 0 saturated carbocycles. The van der Waals surface area contributed by atoms with Gasteiger partial charge in [-0.1, -0.05) is 0 Å². The van der Waals surface area contributed by atoms with Gasteiger partial charge in [-0.25, -0.2) is 0 Å². The first-order chi connectivity index (χ1) is 9.61. The van der Waals surface area contributed by atoms with Crippen LogP contribution in [0.15, 0.2) is 18.2 Å². The number of rotatable bonds is 5. The average Bonchev–Trinajstić information content (AvgIpc) is 2.47. The molecule has 0 aromatic heterocycles. The summed E-state index contributed by atoms with van der Waals surface area (Å²) in [6.45, 7) is 1.22. The van der Waals surface area contributed by atoms with Crippen LogP contribution in [-0.4, -0.2) is 36.3 Å². The molecule has 110 valence electrons. The molecule has 0 spiro atoms. The van der Waals surface area contributed by atoms with Crippen LogP contribution in [-0.2, 0) is 11.3 Å². The number of ether oxygens (including phenoxy) is 1. The number of nitro groups is 1. The lowest BCUT2D eigenvalue weighted by Gasteiger charge is -2.28. The summed E-state index contributed by atoms with van der Waals surface area (Å²) >= 11 is 0. The van der Waals surface area contributed by atoms with Gasteiger partial charge in [-0.2, -0.15) is 0 Å². The van der Waals surface area contributed by atoms with Crippen LogP contribution in [0.3, 0.4) is 0 Å². The third kappa shape index (κ3) is 3.46. The highest BCUT2D eigenvalue weighted by atomic mass is 16.6. The fourth-order valence-corrected chi connectivity index (χ4v) is 2.48. The highest BCUT2D eigenvalue weighted by Crippen LogP contribution is 2.25. The molecular formula is C14H20N2O4. The van der Waals surface area contributed by atoms with Crippen molar-refractivity contribution in [2.75, 3.05) is 25.1 Å². The highest BCUT2D eigenvalue weighted by molar-refractivity contribution is 5.55. The SMILES string of the molecule is CN(CC1CCCCO1)c1ccc([N+](=O)[O-])c(CO)c1. The average molecular weight is 280 g/mol. The fraction of sp³-hybridized carbons (Fsp3) is 0.571. The maximum atomic E-state index is 10.8. The fourth-order valence-electron chi connectivity index (χ4n) is 2.48. The minimum atomic E-state index is -0.473. The first-order valence-corrected chi connectivity index (χ1v) is 6.82. The van der Waals surface area contributed by atoms with Gasteiger partial charge in [-0.15, -0.1) is 0 Å². The summed E-state index contributed by atoms with van der Waals surface area (Å²) in [6.07, 6.45) is 3.55. The first kappa shape index (κ1) is 14.7. The first-order valence-electron chi connectivity index (χ1n) is 6.82. The standard InChI is InChI=1S/C14H20N2O4/c1-15(9-13-4-2-3-7-20-13)12-5-6-14(16(18)19)11(8-12)10-17/h5-6,8,13,17H,2-4,7,9-10H2,1H3. The van der Waals surface area contributed by atoms with Crippen molar-refractivity contribution in [2.45, 2.75) is 32.0 Å². The Bertz CT molecular complexity index is 472. The normalized spacial score (nSPS) is 18.8. The third-order valence-corrected chi connectivity index (χ3v) is 3.62. The third-order valence-electron chi connectivity index (χ3n) is 3.62. The summed E-state index contributed by atoms with van der Waals surface area (Å²) in [7, 11) is 1.93. The molecule has 1 heterocycles. The van der Waals surface area contributed by atoms with Gasteiger partial charge in [-0.3, -0.25) is 10.1 Å². The largest absolute Gasteiger partial charge is 0.391 e. The van der Waals surface area contributed by atoms with Crippen molar-refractivity contribution in [1.82, 2.24) is 0 Å². The van der Waals surface area contributed by atoms with Crippen LogP contribution in [0.4, 0.5) is 11.4 Å². The topological polar surface area (TPSA) is 75.8 Å². The van der Waals surface area contributed by atoms with Crippen molar-refractivity contribution in [3.63, 3.8) is 0 Å². The number of hydrogen-bond acceptors (Lipinski definition) is 5. The van der Waals surface area contributed by atoms with Gasteiger partial charge >= 0.3 is 0 Å². The van der Waals surface area contributed by atoms with Crippen LogP contribution < -0.4 is 4.90 Å². The van der Waals surface area contributed by atoms with Crippen LogP contribution in [0, 0.1) is 10.1 Å². The van der Waals surface area contributed by atoms with E-state index in [1.165, 1.54) is 12.5 Å². The Morgan fingerprint density at radius 3 is 2.90 bits per heavy atom. The second-order valence-corrected chi connectivity index (χ2v) is 5.10. The number of anilines is 1. The van der Waals surface area contributed by atoms with Crippen molar-refractivity contribution < 1.29 is 14.8 Å². The molecule has 1 fully saturated rings. The minimum absolute atomic E-state index is 0.0430. The van der Waals surface area contributed by atoms with E-state index in [4.69, 9.17) is 4.74 Å². The smallest absolute Gasteiger partial charge is 0.275 e. The Morgan fingerprint density at radius 2 is 2.30 bits per heavy atom. The predicted molar refractivity (Wildman–Crippen MR) is 75.9 cm³/mol. The van der Waals surface area contributed by atoms with E-state index in [1.54, 1.807) is 12.1 Å². The number of aliphatic hydroxyl groups excluding tert-OH is 1. The van der Waals surface area contributed by atoms with E-state index in [2.05, 4.69) is 0 Å². The molecule has 1 aliphatic heterocycles. The molecule has 0 radical (unpaired) electrons. The molecule has 2 rings (SSSR count). The van der Waals surface area contributed by atoms with Gasteiger partial charge < -0.3 is 14.7 Å². The summed E-state index contributed by atoms with van der Waals surface area (Å²) in [5, 5.41) is 20.1. The second kappa shape index (κ2) is 6.67. The summed E-state index contributed by atoms with van der Waals surface area (Å²) in [6, 6.07) is 4.82. The maximum Gasteiger partial charge on any atom is 0.275 e. The van der Waals surface area contributed by atoms with Crippen LogP contribution in [0.2, 0.25) is 0 Å². The van der Waals surface area contributed by atoms with Gasteiger partial charge in [0.05, 0.1) is 23.2 Å². The van der Waals surface area contributed by atoms with Crippen molar-refractivity contribution in [1.29, 1.82) is 0 Å². The Hall–Kier alpha value is -1.66. The van der Waals surface area contributed by atoms with E-state index in [0.29, 0.717) is 5.56 Å². The lowest BCUT2D eigenvalue weighted by molar-refractivity contribution is -0.385. The van der Waals surface area contributed by atoms with Crippen molar-refractivity contribution in [3.8, 4) is 0 Å². The molecule has 1 unspecified atom stereocenters. The predicted octanol–water partition coefficient (Wildman–Crippen LogP) is 2.09. The molecular weight excluding hydrogens is 260 g/mol. The van der Waals surface area contributed by atoms with E-state index >= 15 is 0 Å². The molecule has 1 saturated heterocycles. The number of aliphatic hydroxyl groups is 1. The van der Waals surface area contributed by atoms with Gasteiger partial charge in [0.25, 0.3) is 5.69 Å². The summed E-state index contributed by atoms with van der Waals surface area (Å²) in [5.41, 5.74) is 1.15. The number of likely N-dealkylation sites (N-methyl/N-ethyl adjacent to an activating group) is 1. The van der Waals surface area contributed by atoms with Gasteiger partial charge in [0.15, 0.2) is 0 Å².